The summed E-state index contributed by atoms with van der Waals surface area (Å²) in [6.45, 7) is 13.2. The van der Waals surface area contributed by atoms with Gasteiger partial charge in [0, 0.05) is 0 Å². The molecular formula is C23H30Cl2Zr. The van der Waals surface area contributed by atoms with E-state index < -0.39 is 0 Å². The second-order valence-corrected chi connectivity index (χ2v) is 7.22. The zero-order valence-electron chi connectivity index (χ0n) is 16.8. The van der Waals surface area contributed by atoms with E-state index in [0.717, 1.165) is 0 Å². The van der Waals surface area contributed by atoms with Gasteiger partial charge in [0.25, 0.3) is 0 Å². The van der Waals surface area contributed by atoms with Gasteiger partial charge in [-0.3, -0.25) is 6.08 Å². The molecule has 0 saturated heterocycles. The number of rotatable bonds is 3. The molecule has 0 nitrogen and oxygen atoms in total. The summed E-state index contributed by atoms with van der Waals surface area (Å²) in [7, 11) is 0. The van der Waals surface area contributed by atoms with Crippen LogP contribution in [0, 0.1) is 11.5 Å². The molecule has 0 saturated carbocycles. The molecule has 2 aromatic rings. The second kappa shape index (κ2) is 12.3. The van der Waals surface area contributed by atoms with Crippen molar-refractivity contribution < 1.29 is 51.0 Å². The first-order valence-corrected chi connectivity index (χ1v) is 8.79. The zero-order chi connectivity index (χ0) is 17.0. The third-order valence-electron chi connectivity index (χ3n) is 5.06. The van der Waals surface area contributed by atoms with Crippen molar-refractivity contribution in [2.75, 3.05) is 0 Å². The maximum Gasteiger partial charge on any atom is 4.00 e. The predicted molar refractivity (Wildman–Crippen MR) is 103 cm³/mol. The maximum absolute atomic E-state index is 3.44. The SMILES string of the molecule is CC1=[C-]C(C)(C)C(C)=C1C.CCCCc1cc2ccccc2[cH-]1.[Cl-].[Cl-].[Zr+4]. The van der Waals surface area contributed by atoms with E-state index in [9.17, 15) is 0 Å². The van der Waals surface area contributed by atoms with Crippen molar-refractivity contribution in [3.8, 4) is 0 Å². The average molecular weight is 469 g/mol. The van der Waals surface area contributed by atoms with Crippen molar-refractivity contribution in [3.05, 3.63) is 64.8 Å². The summed E-state index contributed by atoms with van der Waals surface area (Å²) in [5.74, 6) is 0. The smallest absolute Gasteiger partial charge is 1.00 e. The molecule has 0 amide bonds. The molecular weight excluding hydrogens is 438 g/mol. The van der Waals surface area contributed by atoms with E-state index in [1.54, 1.807) is 0 Å². The largest absolute Gasteiger partial charge is 4.00 e. The van der Waals surface area contributed by atoms with Crippen LogP contribution in [0.2, 0.25) is 0 Å². The van der Waals surface area contributed by atoms with Gasteiger partial charge in [-0.25, -0.2) is 5.57 Å². The Morgan fingerprint density at radius 1 is 1.04 bits per heavy atom. The molecule has 0 atom stereocenters. The fraction of sp³-hybridized carbons (Fsp3) is 0.435. The summed E-state index contributed by atoms with van der Waals surface area (Å²) in [4.78, 5) is 0. The van der Waals surface area contributed by atoms with Gasteiger partial charge in [-0.1, -0.05) is 58.9 Å². The minimum Gasteiger partial charge on any atom is -1.00 e. The molecule has 0 aliphatic heterocycles. The van der Waals surface area contributed by atoms with Gasteiger partial charge in [0.1, 0.15) is 0 Å². The summed E-state index contributed by atoms with van der Waals surface area (Å²) >= 11 is 0. The summed E-state index contributed by atoms with van der Waals surface area (Å²) in [5, 5.41) is 2.77. The Balaban J connectivity index is 0. The van der Waals surface area contributed by atoms with Crippen molar-refractivity contribution in [1.82, 2.24) is 0 Å². The van der Waals surface area contributed by atoms with E-state index in [2.05, 4.69) is 84.0 Å². The van der Waals surface area contributed by atoms with Gasteiger partial charge in [-0.05, 0) is 6.42 Å². The second-order valence-electron chi connectivity index (χ2n) is 7.22. The van der Waals surface area contributed by atoms with Crippen molar-refractivity contribution in [3.63, 3.8) is 0 Å². The third-order valence-corrected chi connectivity index (χ3v) is 5.06. The van der Waals surface area contributed by atoms with Crippen LogP contribution in [0.3, 0.4) is 0 Å². The molecule has 0 radical (unpaired) electrons. The third kappa shape index (κ3) is 7.07. The van der Waals surface area contributed by atoms with Gasteiger partial charge in [0.2, 0.25) is 0 Å². The fourth-order valence-corrected chi connectivity index (χ4v) is 3.15. The molecule has 0 bridgehead atoms. The van der Waals surface area contributed by atoms with Crippen molar-refractivity contribution in [1.29, 1.82) is 0 Å². The predicted octanol–water partition coefficient (Wildman–Crippen LogP) is 1.02. The molecule has 0 aromatic heterocycles. The van der Waals surface area contributed by atoms with E-state index in [-0.39, 0.29) is 56.4 Å². The number of fused-ring (bicyclic) bond motifs is 1. The quantitative estimate of drug-likeness (QED) is 0.591. The van der Waals surface area contributed by atoms with Crippen LogP contribution in [-0.2, 0) is 32.6 Å². The van der Waals surface area contributed by atoms with Crippen LogP contribution in [0.4, 0.5) is 0 Å². The molecule has 3 rings (SSSR count). The topological polar surface area (TPSA) is 0 Å². The number of aryl methyl sites for hydroxylation is 1. The molecule has 0 N–H and O–H groups in total. The van der Waals surface area contributed by atoms with Gasteiger partial charge in [-0.15, -0.1) is 47.5 Å². The van der Waals surface area contributed by atoms with Gasteiger partial charge >= 0.3 is 26.2 Å². The summed E-state index contributed by atoms with van der Waals surface area (Å²) in [6.07, 6.45) is 7.24. The first-order chi connectivity index (χ1) is 10.8. The first kappa shape index (κ1) is 28.0. The Kier molecular flexibility index (Phi) is 13.2. The molecule has 0 heterocycles. The number of allylic oxidation sites excluding steroid dienone is 4. The van der Waals surface area contributed by atoms with Crippen LogP contribution in [0.15, 0.2) is 53.1 Å². The van der Waals surface area contributed by atoms with E-state index in [1.807, 2.05) is 0 Å². The van der Waals surface area contributed by atoms with Gasteiger partial charge in [0.15, 0.2) is 0 Å². The fourth-order valence-electron chi connectivity index (χ4n) is 3.15. The van der Waals surface area contributed by atoms with E-state index >= 15 is 0 Å². The maximum atomic E-state index is 3.44. The molecule has 1 aliphatic carbocycles. The van der Waals surface area contributed by atoms with E-state index in [4.69, 9.17) is 0 Å². The molecule has 0 fully saturated rings. The molecule has 140 valence electrons. The minimum absolute atomic E-state index is 0. The average Bonchev–Trinajstić information content (AvgIpc) is 3.00. The Bertz CT molecular complexity index is 703. The van der Waals surface area contributed by atoms with E-state index in [1.165, 1.54) is 52.3 Å². The van der Waals surface area contributed by atoms with Gasteiger partial charge in [0.05, 0.1) is 0 Å². The van der Waals surface area contributed by atoms with Gasteiger partial charge in [-0.2, -0.15) is 17.2 Å². The number of halogens is 2. The molecule has 2 aromatic carbocycles. The van der Waals surface area contributed by atoms with Crippen LogP contribution >= 0.6 is 0 Å². The monoisotopic (exact) mass is 466 g/mol. The van der Waals surface area contributed by atoms with Crippen molar-refractivity contribution >= 4 is 10.8 Å². The van der Waals surface area contributed by atoms with Crippen LogP contribution in [0.5, 0.6) is 0 Å². The van der Waals surface area contributed by atoms with Crippen molar-refractivity contribution in [2.24, 2.45) is 5.41 Å². The van der Waals surface area contributed by atoms with Crippen LogP contribution in [0.25, 0.3) is 10.8 Å². The molecule has 0 unspecified atom stereocenters. The van der Waals surface area contributed by atoms with Crippen molar-refractivity contribution in [2.45, 2.75) is 60.8 Å². The standard InChI is InChI=1S/C13H15.C10H15.2ClH.Zr/c1-2-3-6-11-9-12-7-4-5-8-13(12)10-11;1-7-6-10(4,5)9(3)8(7)2;;;/h4-5,7-10H,2-3,6H2,1H3;1-5H3;2*1H;/q2*-1;;;+4/p-2. The van der Waals surface area contributed by atoms with Crippen LogP contribution in [-0.4, -0.2) is 0 Å². The summed E-state index contributed by atoms with van der Waals surface area (Å²) in [5.41, 5.74) is 5.88. The Morgan fingerprint density at radius 3 is 2.08 bits per heavy atom. The Hall–Kier alpha value is -0.227. The Morgan fingerprint density at radius 2 is 1.65 bits per heavy atom. The number of hydrogen-bond acceptors (Lipinski definition) is 0. The van der Waals surface area contributed by atoms with Crippen LogP contribution in [0.1, 0.15) is 59.9 Å². The molecule has 0 spiro atoms. The normalized spacial score (nSPS) is 14.5. The number of benzene rings is 1. The number of unbranched alkanes of at least 4 members (excludes halogenated alkanes) is 1. The summed E-state index contributed by atoms with van der Waals surface area (Å²) in [6, 6.07) is 13.2. The first-order valence-electron chi connectivity index (χ1n) is 8.79. The Labute approximate surface area is 191 Å². The zero-order valence-corrected chi connectivity index (χ0v) is 20.8. The van der Waals surface area contributed by atoms with Crippen LogP contribution < -0.4 is 24.8 Å². The molecule has 26 heavy (non-hydrogen) atoms. The summed E-state index contributed by atoms with van der Waals surface area (Å²) < 4.78 is 0. The van der Waals surface area contributed by atoms with Gasteiger partial charge < -0.3 is 24.8 Å². The molecule has 1 aliphatic rings. The van der Waals surface area contributed by atoms with E-state index in [0.29, 0.717) is 0 Å². The minimum atomic E-state index is 0. The number of hydrogen-bond donors (Lipinski definition) is 0. The molecule has 3 heteroatoms.